The van der Waals surface area contributed by atoms with E-state index in [9.17, 15) is 14.4 Å². The number of hydrogen-bond acceptors (Lipinski definition) is 5. The van der Waals surface area contributed by atoms with Gasteiger partial charge in [0.2, 0.25) is 0 Å². The first-order chi connectivity index (χ1) is 11.6. The van der Waals surface area contributed by atoms with Gasteiger partial charge in [0.05, 0.1) is 30.7 Å². The smallest absolute Gasteiger partial charge is 0.270 e. The van der Waals surface area contributed by atoms with Crippen LogP contribution in [0.15, 0.2) is 24.3 Å². The molecule has 0 radical (unpaired) electrons. The number of carbonyl (C=O) groups is 3. The third-order valence-corrected chi connectivity index (χ3v) is 4.90. The van der Waals surface area contributed by atoms with Gasteiger partial charge in [-0.15, -0.1) is 0 Å². The molecule has 3 aliphatic heterocycles. The maximum atomic E-state index is 12.5. The molecule has 0 aliphatic carbocycles. The van der Waals surface area contributed by atoms with Gasteiger partial charge in [-0.2, -0.15) is 5.01 Å². The number of hydrogen-bond donors (Lipinski definition) is 1. The lowest BCUT2D eigenvalue weighted by Crippen LogP contribution is -2.47. The fourth-order valence-electron chi connectivity index (χ4n) is 3.88. The number of fused-ring (bicyclic) bond motifs is 5. The highest BCUT2D eigenvalue weighted by atomic mass is 16.5. The molecular weight excluding hydrogens is 312 g/mol. The number of nitrogens with zero attached hydrogens (tertiary/aromatic N) is 1. The molecule has 0 saturated carbocycles. The Labute approximate surface area is 138 Å². The van der Waals surface area contributed by atoms with Crippen LogP contribution in [-0.4, -0.2) is 41.5 Å². The van der Waals surface area contributed by atoms with E-state index in [1.807, 2.05) is 6.92 Å². The van der Waals surface area contributed by atoms with Crippen LogP contribution < -0.4 is 10.2 Å². The van der Waals surface area contributed by atoms with Crippen LogP contribution in [0.4, 0.5) is 0 Å². The van der Waals surface area contributed by atoms with Crippen LogP contribution >= 0.6 is 0 Å². The maximum Gasteiger partial charge on any atom is 0.270 e. The lowest BCUT2D eigenvalue weighted by Gasteiger charge is -2.18. The molecule has 1 N–H and O–H groups in total. The van der Waals surface area contributed by atoms with E-state index in [4.69, 9.17) is 9.47 Å². The van der Waals surface area contributed by atoms with Crippen molar-refractivity contribution < 1.29 is 23.9 Å². The molecule has 3 amide bonds. The summed E-state index contributed by atoms with van der Waals surface area (Å²) in [5, 5.41) is 0.874. The summed E-state index contributed by atoms with van der Waals surface area (Å²) >= 11 is 0. The Morgan fingerprint density at radius 3 is 2.54 bits per heavy atom. The molecule has 0 unspecified atom stereocenters. The molecule has 3 heterocycles. The van der Waals surface area contributed by atoms with Crippen molar-refractivity contribution in [3.05, 3.63) is 29.8 Å². The first-order valence-corrected chi connectivity index (χ1v) is 8.17. The first kappa shape index (κ1) is 15.1. The van der Waals surface area contributed by atoms with Crippen LogP contribution in [0, 0.1) is 11.8 Å². The highest BCUT2D eigenvalue weighted by molar-refractivity contribution is 6.08. The first-order valence-electron chi connectivity index (χ1n) is 8.17. The Morgan fingerprint density at radius 1 is 1.25 bits per heavy atom. The second kappa shape index (κ2) is 5.59. The van der Waals surface area contributed by atoms with Gasteiger partial charge < -0.3 is 9.47 Å². The molecule has 4 atom stereocenters. The van der Waals surface area contributed by atoms with E-state index in [2.05, 4.69) is 5.43 Å². The van der Waals surface area contributed by atoms with Gasteiger partial charge in [-0.25, -0.2) is 0 Å². The van der Waals surface area contributed by atoms with E-state index in [0.717, 1.165) is 17.9 Å². The van der Waals surface area contributed by atoms with E-state index >= 15 is 0 Å². The Balaban J connectivity index is 1.51. The number of hydrazine groups is 1. The van der Waals surface area contributed by atoms with Crippen molar-refractivity contribution in [2.45, 2.75) is 32.0 Å². The molecule has 1 aromatic rings. The Kier molecular flexibility index (Phi) is 3.53. The molecule has 126 valence electrons. The number of carbonyl (C=O) groups excluding carboxylic acids is 3. The van der Waals surface area contributed by atoms with Crippen LogP contribution in [-0.2, 0) is 14.3 Å². The number of imide groups is 1. The number of benzene rings is 1. The summed E-state index contributed by atoms with van der Waals surface area (Å²) in [7, 11) is 0. The normalized spacial score (nSPS) is 30.6. The summed E-state index contributed by atoms with van der Waals surface area (Å²) in [5.41, 5.74) is 2.78. The van der Waals surface area contributed by atoms with E-state index in [1.165, 1.54) is 0 Å². The molecule has 2 bridgehead atoms. The number of rotatable bonds is 4. The van der Waals surface area contributed by atoms with E-state index < -0.39 is 17.7 Å². The average Bonchev–Trinajstić information content (AvgIpc) is 3.25. The third-order valence-electron chi connectivity index (χ3n) is 4.90. The summed E-state index contributed by atoms with van der Waals surface area (Å²) in [5.74, 6) is -1.59. The van der Waals surface area contributed by atoms with Gasteiger partial charge in [0.15, 0.2) is 0 Å². The minimum Gasteiger partial charge on any atom is -0.494 e. The summed E-state index contributed by atoms with van der Waals surface area (Å²) in [4.78, 5) is 37.4. The fourth-order valence-corrected chi connectivity index (χ4v) is 3.88. The zero-order valence-electron chi connectivity index (χ0n) is 13.2. The molecule has 0 spiro atoms. The van der Waals surface area contributed by atoms with Crippen LogP contribution in [0.1, 0.15) is 30.1 Å². The topological polar surface area (TPSA) is 84.9 Å². The zero-order chi connectivity index (χ0) is 16.8. The van der Waals surface area contributed by atoms with Crippen LogP contribution in [0.5, 0.6) is 5.75 Å². The van der Waals surface area contributed by atoms with Crippen molar-refractivity contribution in [1.82, 2.24) is 10.4 Å². The van der Waals surface area contributed by atoms with Gasteiger partial charge in [-0.1, -0.05) is 6.07 Å². The Bertz CT molecular complexity index is 691. The highest BCUT2D eigenvalue weighted by Crippen LogP contribution is 2.48. The Hall–Kier alpha value is -2.41. The van der Waals surface area contributed by atoms with Crippen LogP contribution in [0.25, 0.3) is 0 Å². The molecule has 7 nitrogen and oxygen atoms in total. The maximum absolute atomic E-state index is 12.5. The molecule has 0 aromatic heterocycles. The largest absolute Gasteiger partial charge is 0.494 e. The van der Waals surface area contributed by atoms with Crippen molar-refractivity contribution in [1.29, 1.82) is 0 Å². The molecule has 7 heteroatoms. The molecule has 1 aromatic carbocycles. The zero-order valence-corrected chi connectivity index (χ0v) is 13.2. The van der Waals surface area contributed by atoms with Crippen LogP contribution in [0.3, 0.4) is 0 Å². The molecule has 3 saturated heterocycles. The van der Waals surface area contributed by atoms with Gasteiger partial charge in [-0.3, -0.25) is 19.8 Å². The minimum absolute atomic E-state index is 0.195. The summed E-state index contributed by atoms with van der Waals surface area (Å²) in [6, 6.07) is 6.62. The Morgan fingerprint density at radius 2 is 1.92 bits per heavy atom. The van der Waals surface area contributed by atoms with Gasteiger partial charge in [0.1, 0.15) is 5.75 Å². The second-order valence-electron chi connectivity index (χ2n) is 6.26. The highest BCUT2D eigenvalue weighted by Gasteiger charge is 2.62. The fraction of sp³-hybridized carbons (Fsp3) is 0.471. The second-order valence-corrected chi connectivity index (χ2v) is 6.26. The van der Waals surface area contributed by atoms with Gasteiger partial charge in [0.25, 0.3) is 17.7 Å². The van der Waals surface area contributed by atoms with Crippen LogP contribution in [0.2, 0.25) is 0 Å². The quantitative estimate of drug-likeness (QED) is 0.829. The predicted molar refractivity (Wildman–Crippen MR) is 81.8 cm³/mol. The minimum atomic E-state index is -0.508. The lowest BCUT2D eigenvalue weighted by atomic mass is 9.81. The molecule has 3 aliphatic rings. The molecule has 4 rings (SSSR count). The molecule has 3 fully saturated rings. The standard InChI is InChI=1S/C17H18N2O5/c1-2-23-10-5-3-4-9(8-10)15(20)18-19-16(21)13-11-6-7-12(24-11)14(13)17(19)22/h3-5,8,11-14H,2,6-7H2,1H3,(H,18,20)/t11-,12-,13-,14-/m0/s1. The number of ether oxygens (including phenoxy) is 2. The number of nitrogens with one attached hydrogen (secondary N) is 1. The van der Waals surface area contributed by atoms with E-state index in [-0.39, 0.29) is 24.0 Å². The van der Waals surface area contributed by atoms with E-state index in [0.29, 0.717) is 17.9 Å². The monoisotopic (exact) mass is 330 g/mol. The van der Waals surface area contributed by atoms with Crippen molar-refractivity contribution in [2.75, 3.05) is 6.61 Å². The van der Waals surface area contributed by atoms with Gasteiger partial charge >= 0.3 is 0 Å². The van der Waals surface area contributed by atoms with Crippen molar-refractivity contribution in [3.63, 3.8) is 0 Å². The third kappa shape index (κ3) is 2.19. The summed E-state index contributed by atoms with van der Waals surface area (Å²) in [6.45, 7) is 2.34. The predicted octanol–water partition coefficient (Wildman–Crippen LogP) is 0.892. The van der Waals surface area contributed by atoms with Crippen molar-refractivity contribution >= 4 is 17.7 Å². The average molecular weight is 330 g/mol. The van der Waals surface area contributed by atoms with E-state index in [1.54, 1.807) is 24.3 Å². The summed E-state index contributed by atoms with van der Waals surface area (Å²) in [6.07, 6.45) is 1.20. The van der Waals surface area contributed by atoms with Crippen molar-refractivity contribution in [3.8, 4) is 5.75 Å². The number of amides is 3. The molecule has 24 heavy (non-hydrogen) atoms. The van der Waals surface area contributed by atoms with Crippen molar-refractivity contribution in [2.24, 2.45) is 11.8 Å². The van der Waals surface area contributed by atoms with Gasteiger partial charge in [-0.05, 0) is 38.0 Å². The molecular formula is C17H18N2O5. The summed E-state index contributed by atoms with van der Waals surface area (Å²) < 4.78 is 11.0. The van der Waals surface area contributed by atoms with Gasteiger partial charge in [0, 0.05) is 5.56 Å². The lowest BCUT2D eigenvalue weighted by molar-refractivity contribution is -0.145. The SMILES string of the molecule is CCOc1cccc(C(=O)NN2C(=O)[C@@H]3[C@@H](C2=O)[C@@H]2CC[C@@H]3O2)c1.